The summed E-state index contributed by atoms with van der Waals surface area (Å²) in [4.78, 5) is 0. The third kappa shape index (κ3) is 1.80. The standard InChI is InChI=1S/C7H16OSi/c1-2-7(9)5-3-4-6-8-7/h2-6H2,1,9H3/p+1. The van der Waals surface area contributed by atoms with Gasteiger partial charge in [-0.2, -0.15) is 0 Å². The van der Waals surface area contributed by atoms with Gasteiger partial charge in [0.05, 0.1) is 0 Å². The summed E-state index contributed by atoms with van der Waals surface area (Å²) in [7, 11) is 1.21. The summed E-state index contributed by atoms with van der Waals surface area (Å²) >= 11 is 0. The average Bonchev–Trinajstić information content (AvgIpc) is 1.90. The molecule has 0 aromatic rings. The lowest BCUT2D eigenvalue weighted by molar-refractivity contribution is -0.0195. The summed E-state index contributed by atoms with van der Waals surface area (Å²) in [6, 6.07) is 0. The van der Waals surface area contributed by atoms with Crippen LogP contribution < -0.4 is 0 Å². The van der Waals surface area contributed by atoms with E-state index in [2.05, 4.69) is 6.92 Å². The van der Waals surface area contributed by atoms with Crippen LogP contribution in [-0.4, -0.2) is 22.1 Å². The predicted octanol–water partition coefficient (Wildman–Crippen LogP) is 0.771. The minimum Gasteiger partial charge on any atom is -0.380 e. The third-order valence-corrected chi connectivity index (χ3v) is 3.79. The van der Waals surface area contributed by atoms with Gasteiger partial charge in [0.15, 0.2) is 0 Å². The molecule has 0 N–H and O–H groups in total. The quantitative estimate of drug-likeness (QED) is 0.495. The van der Waals surface area contributed by atoms with E-state index in [1.165, 1.54) is 35.9 Å². The number of ether oxygens (including phenoxy) is 1. The summed E-state index contributed by atoms with van der Waals surface area (Å²) in [5.41, 5.74) is 0. The molecule has 0 bridgehead atoms. The maximum absolute atomic E-state index is 5.68. The van der Waals surface area contributed by atoms with Crippen molar-refractivity contribution in [1.82, 2.24) is 0 Å². The molecule has 0 radical (unpaired) electrons. The lowest BCUT2D eigenvalue weighted by atomic mass is 10.1. The molecular formula is C7H17OSi+. The van der Waals surface area contributed by atoms with Crippen LogP contribution in [0.2, 0.25) is 0 Å². The van der Waals surface area contributed by atoms with Crippen molar-refractivity contribution in [1.29, 1.82) is 0 Å². The fourth-order valence-corrected chi connectivity index (χ4v) is 1.83. The van der Waals surface area contributed by atoms with Crippen LogP contribution in [0.15, 0.2) is 0 Å². The highest BCUT2D eigenvalue weighted by molar-refractivity contribution is 6.14. The molecule has 9 heavy (non-hydrogen) atoms. The van der Waals surface area contributed by atoms with Crippen molar-refractivity contribution in [2.45, 2.75) is 37.8 Å². The molecule has 0 saturated carbocycles. The van der Waals surface area contributed by atoms with Gasteiger partial charge in [0.1, 0.15) is 0 Å². The molecule has 1 nitrogen and oxygen atoms in total. The Bertz CT molecular complexity index is 91.6. The second kappa shape index (κ2) is 2.84. The topological polar surface area (TPSA) is 9.23 Å². The first-order chi connectivity index (χ1) is 4.27. The fraction of sp³-hybridized carbons (Fsp3) is 1.00. The molecule has 1 saturated heterocycles. The van der Waals surface area contributed by atoms with E-state index in [0.717, 1.165) is 6.61 Å². The van der Waals surface area contributed by atoms with Gasteiger partial charge in [-0.05, 0) is 25.7 Å². The lowest BCUT2D eigenvalue weighted by Gasteiger charge is -2.32. The smallest absolute Gasteiger partial charge is 0.380 e. The van der Waals surface area contributed by atoms with Gasteiger partial charge in [0, 0.05) is 22.1 Å². The second-order valence-electron chi connectivity index (χ2n) is 3.11. The summed E-state index contributed by atoms with van der Waals surface area (Å²) in [5, 5.41) is 0.359. The molecule has 1 unspecified atom stereocenters. The van der Waals surface area contributed by atoms with Gasteiger partial charge in [-0.1, -0.05) is 6.92 Å². The van der Waals surface area contributed by atoms with Crippen LogP contribution in [0.25, 0.3) is 0 Å². The van der Waals surface area contributed by atoms with E-state index < -0.39 is 0 Å². The lowest BCUT2D eigenvalue weighted by Crippen LogP contribution is -2.35. The van der Waals surface area contributed by atoms with Crippen LogP contribution >= 0.6 is 0 Å². The molecule has 0 spiro atoms. The number of hydrogen-bond donors (Lipinski definition) is 0. The van der Waals surface area contributed by atoms with Crippen molar-refractivity contribution in [3.05, 3.63) is 0 Å². The SMILES string of the molecule is CCC1([SiH3])CCCCO1.[H+]. The Kier molecular flexibility index (Phi) is 2.30. The third-order valence-electron chi connectivity index (χ3n) is 2.30. The van der Waals surface area contributed by atoms with Crippen LogP contribution in [0.4, 0.5) is 0 Å². The van der Waals surface area contributed by atoms with Crippen molar-refractivity contribution in [2.24, 2.45) is 0 Å². The van der Waals surface area contributed by atoms with Crippen LogP contribution in [0.3, 0.4) is 0 Å². The summed E-state index contributed by atoms with van der Waals surface area (Å²) in [6.07, 6.45) is 5.20. The van der Waals surface area contributed by atoms with Gasteiger partial charge in [-0.15, -0.1) is 0 Å². The van der Waals surface area contributed by atoms with E-state index in [-0.39, 0.29) is 1.43 Å². The van der Waals surface area contributed by atoms with Gasteiger partial charge in [-0.25, -0.2) is 0 Å². The zero-order valence-electron chi connectivity index (χ0n) is 7.44. The fourth-order valence-electron chi connectivity index (χ4n) is 1.27. The minimum atomic E-state index is 0. The van der Waals surface area contributed by atoms with Crippen molar-refractivity contribution in [2.75, 3.05) is 6.61 Å². The van der Waals surface area contributed by atoms with Crippen molar-refractivity contribution >= 4 is 10.2 Å². The predicted molar refractivity (Wildman–Crippen MR) is 43.9 cm³/mol. The van der Waals surface area contributed by atoms with Gasteiger partial charge in [-0.3, -0.25) is 0 Å². The number of hydrogen-bond acceptors (Lipinski definition) is 1. The summed E-state index contributed by atoms with van der Waals surface area (Å²) < 4.78 is 5.68. The van der Waals surface area contributed by atoms with Crippen molar-refractivity contribution in [3.63, 3.8) is 0 Å². The van der Waals surface area contributed by atoms with Crippen molar-refractivity contribution in [3.8, 4) is 0 Å². The molecule has 1 fully saturated rings. The first-order valence-electron chi connectivity index (χ1n) is 3.91. The van der Waals surface area contributed by atoms with Crippen molar-refractivity contribution < 1.29 is 6.16 Å². The molecule has 0 amide bonds. The zero-order valence-corrected chi connectivity index (χ0v) is 8.44. The van der Waals surface area contributed by atoms with Gasteiger partial charge < -0.3 is 4.74 Å². The Morgan fingerprint density at radius 1 is 1.67 bits per heavy atom. The number of rotatable bonds is 1. The Morgan fingerprint density at radius 2 is 2.44 bits per heavy atom. The van der Waals surface area contributed by atoms with Gasteiger partial charge in [0.25, 0.3) is 0 Å². The van der Waals surface area contributed by atoms with Gasteiger partial charge in [0.2, 0.25) is 0 Å². The summed E-state index contributed by atoms with van der Waals surface area (Å²) in [5.74, 6) is 0. The van der Waals surface area contributed by atoms with E-state index >= 15 is 0 Å². The zero-order chi connectivity index (χ0) is 6.74. The highest BCUT2D eigenvalue weighted by Crippen LogP contribution is 2.23. The molecule has 0 aromatic carbocycles. The molecule has 1 aliphatic heterocycles. The monoisotopic (exact) mass is 145 g/mol. The van der Waals surface area contributed by atoms with Crippen LogP contribution in [0.1, 0.15) is 34.0 Å². The Hall–Kier alpha value is 0.177. The van der Waals surface area contributed by atoms with Crippen LogP contribution in [0, 0.1) is 0 Å². The van der Waals surface area contributed by atoms with Gasteiger partial charge >= 0.3 is 1.43 Å². The molecule has 0 aliphatic carbocycles. The van der Waals surface area contributed by atoms with Crippen LogP contribution in [-0.2, 0) is 4.74 Å². The molecule has 1 heterocycles. The average molecular weight is 145 g/mol. The molecule has 2 heteroatoms. The Labute approximate surface area is 61.7 Å². The highest BCUT2D eigenvalue weighted by atomic mass is 28.1. The Morgan fingerprint density at radius 3 is 2.78 bits per heavy atom. The minimum absolute atomic E-state index is 0. The van der Waals surface area contributed by atoms with E-state index in [1.54, 1.807) is 0 Å². The summed E-state index contributed by atoms with van der Waals surface area (Å²) in [6.45, 7) is 3.25. The molecule has 54 valence electrons. The largest absolute Gasteiger partial charge is 1.00 e. The van der Waals surface area contributed by atoms with E-state index in [4.69, 9.17) is 4.74 Å². The van der Waals surface area contributed by atoms with E-state index in [1.807, 2.05) is 0 Å². The highest BCUT2D eigenvalue weighted by Gasteiger charge is 2.24. The van der Waals surface area contributed by atoms with Crippen LogP contribution in [0.5, 0.6) is 0 Å². The Balaban J connectivity index is 0.000000810. The maximum atomic E-state index is 5.68. The first-order valence-corrected chi connectivity index (χ1v) is 4.91. The second-order valence-corrected chi connectivity index (χ2v) is 4.93. The normalized spacial score (nSPS) is 37.0. The molecule has 1 aliphatic rings. The first kappa shape index (κ1) is 7.29. The maximum Gasteiger partial charge on any atom is 1.00 e. The van der Waals surface area contributed by atoms with E-state index in [9.17, 15) is 0 Å². The molecular weight excluding hydrogens is 128 g/mol. The molecule has 1 atom stereocenters. The molecule has 0 aromatic heterocycles. The van der Waals surface area contributed by atoms with E-state index in [0.29, 0.717) is 5.22 Å². The molecule has 1 rings (SSSR count).